The summed E-state index contributed by atoms with van der Waals surface area (Å²) in [6, 6.07) is 4.03. The molecule has 0 saturated carbocycles. The number of nitrogens with zero attached hydrogens (tertiary/aromatic N) is 2. The summed E-state index contributed by atoms with van der Waals surface area (Å²) >= 11 is 6.37. The highest BCUT2D eigenvalue weighted by Crippen LogP contribution is 2.28. The van der Waals surface area contributed by atoms with Crippen molar-refractivity contribution in [3.05, 3.63) is 47.4 Å². The smallest absolute Gasteiger partial charge is 0.260 e. The molecule has 0 atom stereocenters. The molecule has 110 valence electrons. The Labute approximate surface area is 142 Å². The second-order valence-corrected chi connectivity index (χ2v) is 7.78. The van der Waals surface area contributed by atoms with Crippen LogP contribution < -0.4 is 5.56 Å². The van der Waals surface area contributed by atoms with E-state index in [2.05, 4.69) is 32.0 Å². The molecule has 4 nitrogen and oxygen atoms in total. The molecule has 0 fully saturated rings. The van der Waals surface area contributed by atoms with Crippen molar-refractivity contribution in [3.63, 3.8) is 0 Å². The van der Waals surface area contributed by atoms with Gasteiger partial charge >= 0.3 is 0 Å². The van der Waals surface area contributed by atoms with E-state index >= 15 is 0 Å². The van der Waals surface area contributed by atoms with Gasteiger partial charge in [-0.3, -0.25) is 4.79 Å². The maximum Gasteiger partial charge on any atom is 0.260 e. The largest absolute Gasteiger partial charge is 0.305 e. The molecule has 0 unspecified atom stereocenters. The van der Waals surface area contributed by atoms with Gasteiger partial charge in [-0.05, 0) is 47.5 Å². The molecule has 0 aromatic carbocycles. The van der Waals surface area contributed by atoms with Crippen molar-refractivity contribution in [2.45, 2.75) is 13.8 Å². The molecule has 0 aliphatic heterocycles. The average molecular weight is 392 g/mol. The monoisotopic (exact) mass is 391 g/mol. The zero-order chi connectivity index (χ0) is 15.9. The van der Waals surface area contributed by atoms with E-state index in [-0.39, 0.29) is 5.56 Å². The Morgan fingerprint density at radius 1 is 1.50 bits per heavy atom. The summed E-state index contributed by atoms with van der Waals surface area (Å²) in [5, 5.41) is 11.9. The Bertz CT molecular complexity index is 1000. The van der Waals surface area contributed by atoms with Crippen LogP contribution >= 0.6 is 38.6 Å². The number of rotatable bonds is 2. The molecule has 3 aromatic rings. The summed E-state index contributed by atoms with van der Waals surface area (Å²) in [7, 11) is 0. The number of fused-ring (bicyclic) bond motifs is 1. The highest BCUT2D eigenvalue weighted by Gasteiger charge is 2.14. The topological polar surface area (TPSA) is 69.5 Å². The number of thiophene rings is 2. The fourth-order valence-electron chi connectivity index (χ4n) is 2.08. The fourth-order valence-corrected chi connectivity index (χ4v) is 4.49. The molecule has 3 heterocycles. The second kappa shape index (κ2) is 5.80. The number of aromatic amines is 1. The van der Waals surface area contributed by atoms with E-state index in [4.69, 9.17) is 0 Å². The summed E-state index contributed by atoms with van der Waals surface area (Å²) < 4.78 is 0.961. The standard InChI is InChI=1S/C15H10BrN3OS2/c1-7-8(2)22-15-12(7)14(20)18-13(19-15)9(5-17)3-11-4-10(16)6-21-11/h3-4,6H,1-2H3,(H,18,19,20)/b9-3+. The van der Waals surface area contributed by atoms with Gasteiger partial charge < -0.3 is 4.98 Å². The van der Waals surface area contributed by atoms with E-state index < -0.39 is 0 Å². The summed E-state index contributed by atoms with van der Waals surface area (Å²) in [5.41, 5.74) is 1.09. The molecule has 1 N–H and O–H groups in total. The average Bonchev–Trinajstić information content (AvgIpc) is 3.00. The number of nitriles is 1. The van der Waals surface area contributed by atoms with Crippen molar-refractivity contribution in [1.82, 2.24) is 9.97 Å². The van der Waals surface area contributed by atoms with Crippen LogP contribution in [0.3, 0.4) is 0 Å². The zero-order valence-corrected chi connectivity index (χ0v) is 14.9. The second-order valence-electron chi connectivity index (χ2n) is 4.72. The lowest BCUT2D eigenvalue weighted by molar-refractivity contribution is 1.13. The van der Waals surface area contributed by atoms with Crippen LogP contribution in [-0.2, 0) is 0 Å². The minimum Gasteiger partial charge on any atom is -0.305 e. The molecule has 0 spiro atoms. The zero-order valence-electron chi connectivity index (χ0n) is 11.7. The van der Waals surface area contributed by atoms with Gasteiger partial charge in [-0.25, -0.2) is 4.98 Å². The van der Waals surface area contributed by atoms with Crippen molar-refractivity contribution in [1.29, 1.82) is 5.26 Å². The quantitative estimate of drug-likeness (QED) is 0.654. The van der Waals surface area contributed by atoms with Gasteiger partial charge in [0.2, 0.25) is 0 Å². The molecule has 0 amide bonds. The van der Waals surface area contributed by atoms with E-state index in [9.17, 15) is 10.1 Å². The van der Waals surface area contributed by atoms with Crippen LogP contribution in [0, 0.1) is 25.2 Å². The van der Waals surface area contributed by atoms with Crippen molar-refractivity contribution in [3.8, 4) is 6.07 Å². The number of hydrogen-bond donors (Lipinski definition) is 1. The first-order chi connectivity index (χ1) is 10.5. The number of allylic oxidation sites excluding steroid dienone is 1. The molecular formula is C15H10BrN3OS2. The lowest BCUT2D eigenvalue weighted by Gasteiger charge is -1.99. The molecule has 0 saturated heterocycles. The summed E-state index contributed by atoms with van der Waals surface area (Å²) in [4.78, 5) is 22.1. The molecule has 22 heavy (non-hydrogen) atoms. The number of halogens is 1. The first-order valence-corrected chi connectivity index (χ1v) is 8.84. The normalized spacial score (nSPS) is 11.8. The number of hydrogen-bond acceptors (Lipinski definition) is 5. The summed E-state index contributed by atoms with van der Waals surface area (Å²) in [6.45, 7) is 3.87. The van der Waals surface area contributed by atoms with Gasteiger partial charge in [-0.1, -0.05) is 0 Å². The van der Waals surface area contributed by atoms with E-state index in [1.807, 2.05) is 25.3 Å². The van der Waals surface area contributed by atoms with Crippen molar-refractivity contribution >= 4 is 60.5 Å². The Morgan fingerprint density at radius 2 is 2.27 bits per heavy atom. The van der Waals surface area contributed by atoms with Gasteiger partial charge in [0.25, 0.3) is 5.56 Å². The summed E-state index contributed by atoms with van der Waals surface area (Å²) in [5.74, 6) is 0.311. The first kappa shape index (κ1) is 15.2. The fraction of sp³-hybridized carbons (Fsp3) is 0.133. The highest BCUT2D eigenvalue weighted by molar-refractivity contribution is 9.10. The SMILES string of the molecule is Cc1sc2nc(/C(C#N)=C/c3cc(Br)cs3)[nH]c(=O)c2c1C. The van der Waals surface area contributed by atoms with Gasteiger partial charge in [0, 0.05) is 19.6 Å². The van der Waals surface area contributed by atoms with E-state index in [0.29, 0.717) is 21.6 Å². The van der Waals surface area contributed by atoms with Crippen LogP contribution in [0.15, 0.2) is 20.7 Å². The van der Waals surface area contributed by atoms with E-state index in [0.717, 1.165) is 19.8 Å². The van der Waals surface area contributed by atoms with Crippen LogP contribution in [-0.4, -0.2) is 9.97 Å². The molecule has 3 aromatic heterocycles. The number of aromatic nitrogens is 2. The van der Waals surface area contributed by atoms with Crippen LogP contribution in [0.1, 0.15) is 21.1 Å². The lowest BCUT2D eigenvalue weighted by atomic mass is 10.2. The molecule has 7 heteroatoms. The van der Waals surface area contributed by atoms with Crippen molar-refractivity contribution in [2.75, 3.05) is 0 Å². The maximum atomic E-state index is 12.3. The van der Waals surface area contributed by atoms with Crippen molar-refractivity contribution < 1.29 is 0 Å². The highest BCUT2D eigenvalue weighted by atomic mass is 79.9. The Kier molecular flexibility index (Phi) is 4.00. The number of nitrogens with one attached hydrogen (secondary N) is 1. The van der Waals surface area contributed by atoms with Crippen LogP contribution in [0.2, 0.25) is 0 Å². The predicted octanol–water partition coefficient (Wildman–Crippen LogP) is 4.49. The molecule has 3 rings (SSSR count). The minimum absolute atomic E-state index is 0.199. The van der Waals surface area contributed by atoms with Crippen LogP contribution in [0.4, 0.5) is 0 Å². The third kappa shape index (κ3) is 2.65. The van der Waals surface area contributed by atoms with E-state index in [1.165, 1.54) is 22.7 Å². The molecular weight excluding hydrogens is 382 g/mol. The van der Waals surface area contributed by atoms with Gasteiger partial charge in [0.15, 0.2) is 5.82 Å². The third-order valence-electron chi connectivity index (χ3n) is 3.29. The minimum atomic E-state index is -0.199. The van der Waals surface area contributed by atoms with Gasteiger partial charge in [-0.15, -0.1) is 22.7 Å². The Balaban J connectivity index is 2.18. The maximum absolute atomic E-state index is 12.3. The molecule has 0 aliphatic carbocycles. The lowest BCUT2D eigenvalue weighted by Crippen LogP contribution is -2.10. The van der Waals surface area contributed by atoms with Crippen molar-refractivity contribution in [2.24, 2.45) is 0 Å². The van der Waals surface area contributed by atoms with Gasteiger partial charge in [-0.2, -0.15) is 5.26 Å². The van der Waals surface area contributed by atoms with Crippen LogP contribution in [0.25, 0.3) is 21.9 Å². The van der Waals surface area contributed by atoms with E-state index in [1.54, 1.807) is 6.08 Å². The molecule has 0 aliphatic rings. The Morgan fingerprint density at radius 3 is 2.91 bits per heavy atom. The van der Waals surface area contributed by atoms with Gasteiger partial charge in [0.1, 0.15) is 10.9 Å². The first-order valence-electron chi connectivity index (χ1n) is 6.36. The summed E-state index contributed by atoms with van der Waals surface area (Å²) in [6.07, 6.45) is 1.73. The molecule has 0 radical (unpaired) electrons. The number of aryl methyl sites for hydroxylation is 2. The molecule has 0 bridgehead atoms. The third-order valence-corrected chi connectivity index (χ3v) is 6.03. The van der Waals surface area contributed by atoms with Gasteiger partial charge in [0.05, 0.1) is 11.0 Å². The number of H-pyrrole nitrogens is 1. The predicted molar refractivity (Wildman–Crippen MR) is 95.2 cm³/mol. The Hall–Kier alpha value is -1.75. The van der Waals surface area contributed by atoms with Crippen LogP contribution in [0.5, 0.6) is 0 Å².